The molecule has 3 heteroatoms. The summed E-state index contributed by atoms with van der Waals surface area (Å²) in [4.78, 5) is 12.3. The summed E-state index contributed by atoms with van der Waals surface area (Å²) in [5.74, 6) is 0.856. The molecule has 2 N–H and O–H groups in total. The first kappa shape index (κ1) is 17.8. The third-order valence-electron chi connectivity index (χ3n) is 6.01. The van der Waals surface area contributed by atoms with E-state index in [-0.39, 0.29) is 5.91 Å². The van der Waals surface area contributed by atoms with Gasteiger partial charge in [0.1, 0.15) is 0 Å². The van der Waals surface area contributed by atoms with Gasteiger partial charge in [-0.2, -0.15) is 0 Å². The number of hydrogen-bond donors (Lipinski definition) is 2. The van der Waals surface area contributed by atoms with Crippen molar-refractivity contribution in [3.63, 3.8) is 0 Å². The van der Waals surface area contributed by atoms with Crippen LogP contribution in [0.25, 0.3) is 0 Å². The lowest BCUT2D eigenvalue weighted by molar-refractivity contribution is 0.0955. The molecule has 2 aliphatic rings. The fourth-order valence-electron chi connectivity index (χ4n) is 4.97. The van der Waals surface area contributed by atoms with Gasteiger partial charge in [-0.15, -0.1) is 0 Å². The monoisotopic (exact) mass is 360 g/mol. The van der Waals surface area contributed by atoms with Crippen molar-refractivity contribution >= 4 is 11.6 Å². The number of rotatable bonds is 3. The van der Waals surface area contributed by atoms with E-state index in [1.165, 1.54) is 27.8 Å². The van der Waals surface area contributed by atoms with Gasteiger partial charge in [0.05, 0.1) is 6.04 Å². The predicted molar refractivity (Wildman–Crippen MR) is 111 cm³/mol. The van der Waals surface area contributed by atoms with Crippen LogP contribution >= 0.6 is 0 Å². The van der Waals surface area contributed by atoms with E-state index in [9.17, 15) is 4.79 Å². The highest BCUT2D eigenvalue weighted by Gasteiger charge is 2.39. The maximum absolute atomic E-state index is 12.3. The number of anilines is 1. The summed E-state index contributed by atoms with van der Waals surface area (Å²) in [5.41, 5.74) is 8.61. The number of hydrogen-bond acceptors (Lipinski definition) is 2. The van der Waals surface area contributed by atoms with Gasteiger partial charge in [-0.3, -0.25) is 4.79 Å². The van der Waals surface area contributed by atoms with Crippen LogP contribution in [0, 0.1) is 26.7 Å². The normalized spacial score (nSPS) is 22.7. The Hall–Kier alpha value is -2.55. The van der Waals surface area contributed by atoms with Crippen molar-refractivity contribution in [3.05, 3.63) is 75.9 Å². The molecule has 1 amide bonds. The molecule has 4 rings (SSSR count). The Kier molecular flexibility index (Phi) is 4.55. The van der Waals surface area contributed by atoms with Crippen LogP contribution in [0.5, 0.6) is 0 Å². The molecule has 140 valence electrons. The Bertz CT molecular complexity index is 905. The summed E-state index contributed by atoms with van der Waals surface area (Å²) in [7, 11) is 0. The minimum atomic E-state index is 0.00572. The van der Waals surface area contributed by atoms with Crippen molar-refractivity contribution in [2.75, 3.05) is 11.9 Å². The number of amides is 1. The Morgan fingerprint density at radius 3 is 2.59 bits per heavy atom. The highest BCUT2D eigenvalue weighted by molar-refractivity contribution is 5.95. The zero-order valence-corrected chi connectivity index (χ0v) is 16.6. The van der Waals surface area contributed by atoms with Crippen LogP contribution in [-0.2, 0) is 0 Å². The standard InChI is InChI=1S/C24H28N2O/c1-5-25-24(27)17-9-10-21-20(13-17)18-7-6-8-19(18)23(26-21)22-15(3)11-14(2)12-16(22)4/h6-7,9-13,18-19,23,26H,5,8H2,1-4H3,(H,25,27). The van der Waals surface area contributed by atoms with Crippen LogP contribution in [0.1, 0.15) is 63.5 Å². The molecular formula is C24H28N2O. The van der Waals surface area contributed by atoms with Gasteiger partial charge in [0.15, 0.2) is 0 Å². The average molecular weight is 361 g/mol. The number of nitrogens with one attached hydrogen (secondary N) is 2. The van der Waals surface area contributed by atoms with Crippen LogP contribution in [0.3, 0.4) is 0 Å². The zero-order valence-electron chi connectivity index (χ0n) is 16.6. The number of allylic oxidation sites excluding steroid dienone is 2. The summed E-state index contributed by atoms with van der Waals surface area (Å²) in [6.45, 7) is 9.21. The van der Waals surface area contributed by atoms with E-state index >= 15 is 0 Å². The minimum absolute atomic E-state index is 0.00572. The smallest absolute Gasteiger partial charge is 0.251 e. The summed E-state index contributed by atoms with van der Waals surface area (Å²) in [6.07, 6.45) is 5.70. The molecule has 3 nitrogen and oxygen atoms in total. The molecule has 1 aliphatic heterocycles. The number of benzene rings is 2. The molecule has 0 bridgehead atoms. The lowest BCUT2D eigenvalue weighted by atomic mass is 9.75. The molecule has 3 atom stereocenters. The van der Waals surface area contributed by atoms with Gasteiger partial charge >= 0.3 is 0 Å². The average Bonchev–Trinajstić information content (AvgIpc) is 3.11. The molecule has 0 fully saturated rings. The quantitative estimate of drug-likeness (QED) is 0.740. The van der Waals surface area contributed by atoms with Crippen molar-refractivity contribution in [1.29, 1.82) is 0 Å². The Balaban J connectivity index is 1.76. The van der Waals surface area contributed by atoms with Gasteiger partial charge < -0.3 is 10.6 Å². The summed E-state index contributed by atoms with van der Waals surface area (Å²) < 4.78 is 0. The maximum Gasteiger partial charge on any atom is 0.251 e. The second-order valence-electron chi connectivity index (χ2n) is 7.95. The number of carbonyl (C=O) groups is 1. The molecule has 0 spiro atoms. The van der Waals surface area contributed by atoms with Crippen molar-refractivity contribution in [2.24, 2.45) is 5.92 Å². The van der Waals surface area contributed by atoms with Crippen molar-refractivity contribution in [3.8, 4) is 0 Å². The Morgan fingerprint density at radius 1 is 1.15 bits per heavy atom. The molecule has 0 aromatic heterocycles. The van der Waals surface area contributed by atoms with Crippen LogP contribution in [-0.4, -0.2) is 12.5 Å². The van der Waals surface area contributed by atoms with E-state index in [2.05, 4.69) is 67.8 Å². The number of fused-ring (bicyclic) bond motifs is 3. The van der Waals surface area contributed by atoms with E-state index in [1.807, 2.05) is 13.0 Å². The lowest BCUT2D eigenvalue weighted by Gasteiger charge is -2.39. The minimum Gasteiger partial charge on any atom is -0.378 e. The molecule has 2 aromatic carbocycles. The molecule has 0 saturated heterocycles. The number of aryl methyl sites for hydroxylation is 3. The van der Waals surface area contributed by atoms with E-state index in [1.54, 1.807) is 0 Å². The molecule has 3 unspecified atom stereocenters. The molecule has 1 aliphatic carbocycles. The van der Waals surface area contributed by atoms with E-state index in [0.717, 1.165) is 17.7 Å². The predicted octanol–water partition coefficient (Wildman–Crippen LogP) is 5.19. The highest BCUT2D eigenvalue weighted by atomic mass is 16.1. The van der Waals surface area contributed by atoms with Crippen LogP contribution in [0.15, 0.2) is 42.5 Å². The Labute approximate surface area is 161 Å². The Morgan fingerprint density at radius 2 is 1.89 bits per heavy atom. The van der Waals surface area contributed by atoms with E-state index in [0.29, 0.717) is 24.4 Å². The fraction of sp³-hybridized carbons (Fsp3) is 0.375. The molecule has 2 aromatic rings. The first-order valence-electron chi connectivity index (χ1n) is 9.92. The van der Waals surface area contributed by atoms with Gasteiger partial charge in [-0.05, 0) is 80.5 Å². The summed E-state index contributed by atoms with van der Waals surface area (Å²) in [5, 5.41) is 6.72. The number of carbonyl (C=O) groups excluding carboxylic acids is 1. The maximum atomic E-state index is 12.3. The van der Waals surface area contributed by atoms with E-state index < -0.39 is 0 Å². The van der Waals surface area contributed by atoms with Crippen LogP contribution in [0.4, 0.5) is 5.69 Å². The fourth-order valence-corrected chi connectivity index (χ4v) is 4.97. The van der Waals surface area contributed by atoms with Gasteiger partial charge in [-0.1, -0.05) is 29.8 Å². The summed E-state index contributed by atoms with van der Waals surface area (Å²) >= 11 is 0. The summed E-state index contributed by atoms with van der Waals surface area (Å²) in [6, 6.07) is 11.0. The van der Waals surface area contributed by atoms with Gasteiger partial charge in [0.25, 0.3) is 5.91 Å². The first-order chi connectivity index (χ1) is 13.0. The largest absolute Gasteiger partial charge is 0.378 e. The van der Waals surface area contributed by atoms with Crippen molar-refractivity contribution in [2.45, 2.75) is 46.1 Å². The zero-order chi connectivity index (χ0) is 19.1. The van der Waals surface area contributed by atoms with Crippen LogP contribution in [0.2, 0.25) is 0 Å². The molecule has 0 saturated carbocycles. The third-order valence-corrected chi connectivity index (χ3v) is 6.01. The van der Waals surface area contributed by atoms with Crippen molar-refractivity contribution < 1.29 is 4.79 Å². The lowest BCUT2D eigenvalue weighted by Crippen LogP contribution is -2.31. The molecule has 1 heterocycles. The topological polar surface area (TPSA) is 41.1 Å². The molecule has 27 heavy (non-hydrogen) atoms. The van der Waals surface area contributed by atoms with Gasteiger partial charge in [-0.25, -0.2) is 0 Å². The van der Waals surface area contributed by atoms with E-state index in [4.69, 9.17) is 0 Å². The second kappa shape index (κ2) is 6.88. The SMILES string of the molecule is CCNC(=O)c1ccc2c(c1)C1C=CCC1C(c1c(C)cc(C)cc1C)N2. The van der Waals surface area contributed by atoms with Gasteiger partial charge in [0, 0.05) is 23.7 Å². The molecular weight excluding hydrogens is 332 g/mol. The second-order valence-corrected chi connectivity index (χ2v) is 7.95. The van der Waals surface area contributed by atoms with Crippen molar-refractivity contribution in [1.82, 2.24) is 5.32 Å². The first-order valence-corrected chi connectivity index (χ1v) is 9.92. The van der Waals surface area contributed by atoms with Gasteiger partial charge in [0.2, 0.25) is 0 Å². The van der Waals surface area contributed by atoms with Crippen LogP contribution < -0.4 is 10.6 Å². The highest BCUT2D eigenvalue weighted by Crippen LogP contribution is 2.51. The molecule has 0 radical (unpaired) electrons. The third kappa shape index (κ3) is 3.05.